The van der Waals surface area contributed by atoms with Crippen LogP contribution < -0.4 is 14.8 Å². The van der Waals surface area contributed by atoms with Crippen LogP contribution in [0.3, 0.4) is 0 Å². The van der Waals surface area contributed by atoms with Gasteiger partial charge in [-0.05, 0) is 61.5 Å². The van der Waals surface area contributed by atoms with Gasteiger partial charge in [0.1, 0.15) is 22.9 Å². The van der Waals surface area contributed by atoms with Gasteiger partial charge in [0.2, 0.25) is 0 Å². The van der Waals surface area contributed by atoms with Gasteiger partial charge in [0.05, 0.1) is 26.4 Å². The second-order valence-electron chi connectivity index (χ2n) is 6.86. The lowest BCUT2D eigenvalue weighted by molar-refractivity contribution is 0.0600. The van der Waals surface area contributed by atoms with Crippen molar-refractivity contribution in [2.75, 3.05) is 20.8 Å². The number of hydrogen-bond acceptors (Lipinski definition) is 6. The molecule has 0 aliphatic heterocycles. The van der Waals surface area contributed by atoms with E-state index in [-0.39, 0.29) is 18.6 Å². The van der Waals surface area contributed by atoms with Gasteiger partial charge in [0.15, 0.2) is 0 Å². The van der Waals surface area contributed by atoms with Gasteiger partial charge in [0.25, 0.3) is 5.91 Å². The highest BCUT2D eigenvalue weighted by Crippen LogP contribution is 2.30. The third kappa shape index (κ3) is 5.43. The summed E-state index contributed by atoms with van der Waals surface area (Å²) in [6, 6.07) is 15.0. The molecule has 3 N–H and O–H groups in total. The Morgan fingerprint density at radius 1 is 1.00 bits per heavy atom. The number of carbonyl (C=O) groups is 2. The zero-order valence-electron chi connectivity index (χ0n) is 17.5. The quantitative estimate of drug-likeness (QED) is 0.478. The van der Waals surface area contributed by atoms with E-state index in [0.717, 1.165) is 0 Å². The van der Waals surface area contributed by atoms with Crippen molar-refractivity contribution in [1.82, 2.24) is 10.3 Å². The summed E-state index contributed by atoms with van der Waals surface area (Å²) in [4.78, 5) is 27.5. The molecule has 1 heterocycles. The number of aromatic amines is 1. The number of ether oxygens (including phenoxy) is 3. The van der Waals surface area contributed by atoms with Crippen molar-refractivity contribution in [1.29, 1.82) is 0 Å². The third-order valence-electron chi connectivity index (χ3n) is 4.52. The largest absolute Gasteiger partial charge is 0.497 e. The lowest BCUT2D eigenvalue weighted by Crippen LogP contribution is -2.35. The fourth-order valence-electron chi connectivity index (χ4n) is 2.87. The maximum Gasteiger partial charge on any atom is 0.338 e. The molecule has 1 atom stereocenters. The molecule has 8 heteroatoms. The van der Waals surface area contributed by atoms with Crippen LogP contribution in [0.1, 0.15) is 27.8 Å². The van der Waals surface area contributed by atoms with Gasteiger partial charge >= 0.3 is 5.97 Å². The number of aliphatic hydroxyl groups is 1. The maximum absolute atomic E-state index is 12.3. The van der Waals surface area contributed by atoms with Gasteiger partial charge in [-0.2, -0.15) is 0 Å². The number of hydrogen-bond donors (Lipinski definition) is 3. The highest BCUT2D eigenvalue weighted by atomic mass is 16.5. The summed E-state index contributed by atoms with van der Waals surface area (Å²) in [6.07, 6.45) is 0. The van der Waals surface area contributed by atoms with Crippen LogP contribution in [-0.4, -0.2) is 48.8 Å². The zero-order valence-corrected chi connectivity index (χ0v) is 17.5. The summed E-state index contributed by atoms with van der Waals surface area (Å²) in [6.45, 7) is 1.54. The number of nitrogens with one attached hydrogen (secondary N) is 2. The van der Waals surface area contributed by atoms with Crippen molar-refractivity contribution in [3.8, 4) is 28.5 Å². The van der Waals surface area contributed by atoms with Gasteiger partial charge < -0.3 is 29.6 Å². The highest BCUT2D eigenvalue weighted by Gasteiger charge is 2.15. The third-order valence-corrected chi connectivity index (χ3v) is 4.52. The van der Waals surface area contributed by atoms with Crippen molar-refractivity contribution in [2.24, 2.45) is 0 Å². The minimum absolute atomic E-state index is 0.160. The second kappa shape index (κ2) is 9.82. The van der Waals surface area contributed by atoms with Crippen LogP contribution in [0, 0.1) is 0 Å². The SMILES string of the molecule is COC(=O)c1cc(Oc2ccc(OC)cc2)cc(-c2ccc(C(=O)N[C@H](C)CO)[nH]2)c1. The number of methoxy groups -OCH3 is 2. The molecule has 0 aliphatic carbocycles. The Labute approximate surface area is 179 Å². The second-order valence-corrected chi connectivity index (χ2v) is 6.86. The first-order chi connectivity index (χ1) is 14.9. The average Bonchev–Trinajstić information content (AvgIpc) is 3.29. The summed E-state index contributed by atoms with van der Waals surface area (Å²) >= 11 is 0. The molecule has 0 saturated carbocycles. The van der Waals surface area contributed by atoms with E-state index in [2.05, 4.69) is 10.3 Å². The van der Waals surface area contributed by atoms with E-state index in [4.69, 9.17) is 19.3 Å². The fraction of sp³-hybridized carbons (Fsp3) is 0.217. The first-order valence-corrected chi connectivity index (χ1v) is 9.60. The number of amides is 1. The smallest absolute Gasteiger partial charge is 0.338 e. The summed E-state index contributed by atoms with van der Waals surface area (Å²) in [7, 11) is 2.88. The first-order valence-electron chi connectivity index (χ1n) is 9.60. The monoisotopic (exact) mass is 424 g/mol. The van der Waals surface area contributed by atoms with Crippen LogP contribution >= 0.6 is 0 Å². The minimum Gasteiger partial charge on any atom is -0.497 e. The molecule has 0 saturated heterocycles. The molecule has 31 heavy (non-hydrogen) atoms. The van der Waals surface area contributed by atoms with Crippen molar-refractivity contribution in [3.63, 3.8) is 0 Å². The number of carbonyl (C=O) groups excluding carboxylic acids is 2. The molecule has 1 amide bonds. The Morgan fingerprint density at radius 2 is 1.71 bits per heavy atom. The van der Waals surface area contributed by atoms with Crippen LogP contribution in [0.15, 0.2) is 54.6 Å². The number of H-pyrrole nitrogens is 1. The molecule has 162 valence electrons. The Hall–Kier alpha value is -3.78. The fourth-order valence-corrected chi connectivity index (χ4v) is 2.87. The summed E-state index contributed by atoms with van der Waals surface area (Å²) in [5, 5.41) is 11.8. The van der Waals surface area contributed by atoms with Crippen LogP contribution in [-0.2, 0) is 4.74 Å². The van der Waals surface area contributed by atoms with E-state index in [0.29, 0.717) is 39.8 Å². The standard InChI is InChI=1S/C23H24N2O6/c1-14(13-26)24-22(27)21-9-8-20(25-21)15-10-16(23(28)30-3)12-19(11-15)31-18-6-4-17(29-2)5-7-18/h4-12,14,25-26H,13H2,1-3H3,(H,24,27)/t14-/m1/s1. The van der Waals surface area contributed by atoms with Gasteiger partial charge in [0, 0.05) is 17.3 Å². The molecular formula is C23H24N2O6. The molecule has 0 radical (unpaired) electrons. The molecule has 0 spiro atoms. The summed E-state index contributed by atoms with van der Waals surface area (Å²) in [5.41, 5.74) is 1.89. The molecule has 0 bridgehead atoms. The van der Waals surface area contributed by atoms with Crippen molar-refractivity contribution < 1.29 is 28.9 Å². The normalized spacial score (nSPS) is 11.5. The van der Waals surface area contributed by atoms with Gasteiger partial charge in [-0.1, -0.05) is 0 Å². The summed E-state index contributed by atoms with van der Waals surface area (Å²) < 4.78 is 15.9. The minimum atomic E-state index is -0.511. The number of benzene rings is 2. The van der Waals surface area contributed by atoms with E-state index in [1.54, 1.807) is 68.6 Å². The van der Waals surface area contributed by atoms with E-state index in [1.165, 1.54) is 7.11 Å². The van der Waals surface area contributed by atoms with Crippen molar-refractivity contribution in [3.05, 3.63) is 65.9 Å². The Morgan fingerprint density at radius 3 is 2.35 bits per heavy atom. The lowest BCUT2D eigenvalue weighted by Gasteiger charge is -2.11. The van der Waals surface area contributed by atoms with Crippen molar-refractivity contribution >= 4 is 11.9 Å². The zero-order chi connectivity index (χ0) is 22.4. The number of rotatable bonds is 8. The predicted octanol–water partition coefficient (Wildman–Crippen LogP) is 3.38. The Kier molecular flexibility index (Phi) is 6.94. The molecule has 8 nitrogen and oxygen atoms in total. The van der Waals surface area contributed by atoms with Crippen LogP contribution in [0.4, 0.5) is 0 Å². The van der Waals surface area contributed by atoms with Crippen LogP contribution in [0.5, 0.6) is 17.2 Å². The van der Waals surface area contributed by atoms with Gasteiger partial charge in [-0.25, -0.2) is 4.79 Å². The topological polar surface area (TPSA) is 110 Å². The number of esters is 1. The summed E-state index contributed by atoms with van der Waals surface area (Å²) in [5.74, 6) is 0.842. The maximum atomic E-state index is 12.3. The Balaban J connectivity index is 1.91. The van der Waals surface area contributed by atoms with Gasteiger partial charge in [-0.15, -0.1) is 0 Å². The number of aromatic nitrogens is 1. The highest BCUT2D eigenvalue weighted by molar-refractivity contribution is 5.94. The van der Waals surface area contributed by atoms with Crippen LogP contribution in [0.2, 0.25) is 0 Å². The molecule has 0 unspecified atom stereocenters. The lowest BCUT2D eigenvalue weighted by atomic mass is 10.1. The number of aliphatic hydroxyl groups excluding tert-OH is 1. The van der Waals surface area contributed by atoms with E-state index >= 15 is 0 Å². The van der Waals surface area contributed by atoms with Gasteiger partial charge in [-0.3, -0.25) is 4.79 Å². The molecular weight excluding hydrogens is 400 g/mol. The molecule has 0 fully saturated rings. The van der Waals surface area contributed by atoms with E-state index in [9.17, 15) is 9.59 Å². The van der Waals surface area contributed by atoms with E-state index < -0.39 is 5.97 Å². The first kappa shape index (κ1) is 21.9. The average molecular weight is 424 g/mol. The molecule has 3 rings (SSSR count). The molecule has 1 aromatic heterocycles. The molecule has 0 aliphatic rings. The van der Waals surface area contributed by atoms with Crippen molar-refractivity contribution in [2.45, 2.75) is 13.0 Å². The molecule has 3 aromatic rings. The van der Waals surface area contributed by atoms with E-state index in [1.807, 2.05) is 0 Å². The van der Waals surface area contributed by atoms with Crippen LogP contribution in [0.25, 0.3) is 11.3 Å². The Bertz CT molecular complexity index is 1060. The predicted molar refractivity (Wildman–Crippen MR) is 115 cm³/mol. The molecule has 2 aromatic carbocycles.